The van der Waals surface area contributed by atoms with Gasteiger partial charge in [0.25, 0.3) is 0 Å². The molecule has 0 aliphatic carbocycles. The Balaban J connectivity index is 1.46. The largest absolute Gasteiger partial charge is 0.442 e. The van der Waals surface area contributed by atoms with Crippen LogP contribution in [0.25, 0.3) is 0 Å². The predicted molar refractivity (Wildman–Crippen MR) is 96.7 cm³/mol. The summed E-state index contributed by atoms with van der Waals surface area (Å²) in [6, 6.07) is 4.33. The van der Waals surface area contributed by atoms with E-state index in [1.54, 1.807) is 12.1 Å². The molecule has 0 radical (unpaired) electrons. The summed E-state index contributed by atoms with van der Waals surface area (Å²) in [4.78, 5) is 37.6. The zero-order chi connectivity index (χ0) is 20.1. The fourth-order valence-electron chi connectivity index (χ4n) is 3.85. The number of fused-ring (bicyclic) bond motifs is 1. The van der Waals surface area contributed by atoms with Crippen LogP contribution in [-0.2, 0) is 14.3 Å². The Morgan fingerprint density at radius 1 is 1.39 bits per heavy atom. The van der Waals surface area contributed by atoms with E-state index in [4.69, 9.17) is 9.47 Å². The van der Waals surface area contributed by atoms with Crippen LogP contribution in [0.15, 0.2) is 18.2 Å². The molecule has 1 aromatic carbocycles. The molecule has 10 heteroatoms. The first-order valence-electron chi connectivity index (χ1n) is 9.02. The van der Waals surface area contributed by atoms with Gasteiger partial charge in [-0.1, -0.05) is 0 Å². The van der Waals surface area contributed by atoms with Crippen molar-refractivity contribution in [2.75, 3.05) is 36.0 Å². The molecule has 0 spiro atoms. The number of ether oxygens (including phenoxy) is 2. The second kappa shape index (κ2) is 6.54. The van der Waals surface area contributed by atoms with Gasteiger partial charge in [-0.15, -0.1) is 0 Å². The van der Waals surface area contributed by atoms with Gasteiger partial charge in [-0.3, -0.25) is 9.69 Å². The summed E-state index contributed by atoms with van der Waals surface area (Å²) >= 11 is 0. The van der Waals surface area contributed by atoms with Crippen molar-refractivity contribution in [1.29, 1.82) is 0 Å². The molecule has 0 saturated carbocycles. The van der Waals surface area contributed by atoms with Crippen molar-refractivity contribution >= 4 is 29.5 Å². The molecular formula is C18H21FN4O5. The normalized spacial score (nSPS) is 28.7. The number of anilines is 2. The van der Waals surface area contributed by atoms with E-state index >= 15 is 0 Å². The van der Waals surface area contributed by atoms with E-state index in [1.807, 2.05) is 11.8 Å². The lowest BCUT2D eigenvalue weighted by atomic mass is 10.0. The van der Waals surface area contributed by atoms with E-state index in [9.17, 15) is 18.8 Å². The highest BCUT2D eigenvalue weighted by Crippen LogP contribution is 2.35. The summed E-state index contributed by atoms with van der Waals surface area (Å²) in [6.07, 6.45) is -1.52. The van der Waals surface area contributed by atoms with Crippen molar-refractivity contribution < 1.29 is 28.2 Å². The highest BCUT2D eigenvalue weighted by molar-refractivity contribution is 5.90. The number of nitrogens with one attached hydrogen (secondary N) is 2. The molecule has 3 aliphatic heterocycles. The summed E-state index contributed by atoms with van der Waals surface area (Å²) in [5.74, 6) is -0.695. The van der Waals surface area contributed by atoms with Gasteiger partial charge in [0.2, 0.25) is 5.91 Å². The molecule has 0 bridgehead atoms. The standard InChI is InChI=1S/C18H21FN4O5/c1-10(24)20-6-12-7-23(17(26)27-12)11-3-4-14(13(19)5-11)22-8-15-18(2,9-22)28-16(25)21-15/h3-5,12,15H,6-9H2,1-2H3,(H,20,24)(H,21,25)/t12-,15?,18?/m0/s1. The number of rotatable bonds is 4. The molecule has 2 unspecified atom stereocenters. The van der Waals surface area contributed by atoms with Gasteiger partial charge in [-0.2, -0.15) is 0 Å². The number of amides is 3. The lowest BCUT2D eigenvalue weighted by molar-refractivity contribution is -0.119. The summed E-state index contributed by atoms with van der Waals surface area (Å²) in [5.41, 5.74) is 0.0593. The van der Waals surface area contributed by atoms with Gasteiger partial charge in [0.05, 0.1) is 37.1 Å². The Labute approximate surface area is 160 Å². The molecular weight excluding hydrogens is 371 g/mol. The summed E-state index contributed by atoms with van der Waals surface area (Å²) in [7, 11) is 0. The quantitative estimate of drug-likeness (QED) is 0.792. The third-order valence-corrected chi connectivity index (χ3v) is 5.30. The van der Waals surface area contributed by atoms with E-state index in [0.717, 1.165) is 0 Å². The van der Waals surface area contributed by atoms with Crippen molar-refractivity contribution in [1.82, 2.24) is 10.6 Å². The fourth-order valence-corrected chi connectivity index (χ4v) is 3.85. The Morgan fingerprint density at radius 3 is 2.86 bits per heavy atom. The molecule has 3 amide bonds. The number of alkyl carbamates (subject to hydrolysis) is 1. The zero-order valence-corrected chi connectivity index (χ0v) is 15.5. The van der Waals surface area contributed by atoms with E-state index in [0.29, 0.717) is 24.5 Å². The van der Waals surface area contributed by atoms with Crippen LogP contribution in [0.1, 0.15) is 13.8 Å². The average Bonchev–Trinajstić information content (AvgIpc) is 3.21. The van der Waals surface area contributed by atoms with Gasteiger partial charge in [0.1, 0.15) is 11.9 Å². The fraction of sp³-hybridized carbons (Fsp3) is 0.500. The van der Waals surface area contributed by atoms with E-state index < -0.39 is 29.7 Å². The van der Waals surface area contributed by atoms with Crippen LogP contribution >= 0.6 is 0 Å². The second-order valence-corrected chi connectivity index (χ2v) is 7.47. The number of cyclic esters (lactones) is 1. The Morgan fingerprint density at radius 2 is 2.18 bits per heavy atom. The third-order valence-electron chi connectivity index (χ3n) is 5.30. The van der Waals surface area contributed by atoms with Crippen LogP contribution < -0.4 is 20.4 Å². The highest BCUT2D eigenvalue weighted by atomic mass is 19.1. The number of halogens is 1. The molecule has 0 aromatic heterocycles. The minimum atomic E-state index is -0.697. The topological polar surface area (TPSA) is 100 Å². The number of hydrogen-bond donors (Lipinski definition) is 2. The molecule has 3 aliphatic rings. The van der Waals surface area contributed by atoms with Gasteiger partial charge >= 0.3 is 12.2 Å². The predicted octanol–water partition coefficient (Wildman–Crippen LogP) is 0.974. The molecule has 3 atom stereocenters. The lowest BCUT2D eigenvalue weighted by Gasteiger charge is -2.23. The Hall–Kier alpha value is -3.04. The number of benzene rings is 1. The van der Waals surface area contributed by atoms with Gasteiger partial charge < -0.3 is 25.0 Å². The van der Waals surface area contributed by atoms with Crippen LogP contribution in [0.3, 0.4) is 0 Å². The van der Waals surface area contributed by atoms with Gasteiger partial charge in [-0.25, -0.2) is 14.0 Å². The van der Waals surface area contributed by atoms with Crippen LogP contribution in [0, 0.1) is 5.82 Å². The van der Waals surface area contributed by atoms with Crippen molar-refractivity contribution in [3.63, 3.8) is 0 Å². The van der Waals surface area contributed by atoms with Crippen LogP contribution in [0.5, 0.6) is 0 Å². The maximum Gasteiger partial charge on any atom is 0.414 e. The molecule has 3 saturated heterocycles. The summed E-state index contributed by atoms with van der Waals surface area (Å²) in [6.45, 7) is 4.43. The number of carbonyl (C=O) groups excluding carboxylic acids is 3. The highest BCUT2D eigenvalue weighted by Gasteiger charge is 2.52. The minimum Gasteiger partial charge on any atom is -0.442 e. The molecule has 4 rings (SSSR count). The minimum absolute atomic E-state index is 0.206. The summed E-state index contributed by atoms with van der Waals surface area (Å²) in [5, 5.41) is 5.34. The molecule has 3 fully saturated rings. The molecule has 9 nitrogen and oxygen atoms in total. The first-order chi connectivity index (χ1) is 13.2. The van der Waals surface area contributed by atoms with Gasteiger partial charge in [0, 0.05) is 13.5 Å². The van der Waals surface area contributed by atoms with Crippen LogP contribution in [0.2, 0.25) is 0 Å². The molecule has 150 valence electrons. The smallest absolute Gasteiger partial charge is 0.414 e. The maximum absolute atomic E-state index is 14.8. The van der Waals surface area contributed by atoms with Crippen LogP contribution in [-0.4, -0.2) is 62.0 Å². The lowest BCUT2D eigenvalue weighted by Crippen LogP contribution is -2.39. The van der Waals surface area contributed by atoms with Gasteiger partial charge in [-0.05, 0) is 25.1 Å². The number of hydrogen-bond acceptors (Lipinski definition) is 6. The SMILES string of the molecule is CC(=O)NC[C@H]1CN(c2ccc(N3CC4NC(=O)OC4(C)C3)c(F)c2)C(=O)O1. The van der Waals surface area contributed by atoms with Crippen molar-refractivity contribution in [2.45, 2.75) is 31.6 Å². The number of carbonyl (C=O) groups is 3. The summed E-state index contributed by atoms with van der Waals surface area (Å²) < 4.78 is 25.3. The van der Waals surface area contributed by atoms with Crippen molar-refractivity contribution in [3.8, 4) is 0 Å². The van der Waals surface area contributed by atoms with Crippen molar-refractivity contribution in [2.24, 2.45) is 0 Å². The number of nitrogens with zero attached hydrogens (tertiary/aromatic N) is 2. The Kier molecular flexibility index (Phi) is 4.28. The first-order valence-corrected chi connectivity index (χ1v) is 9.02. The average molecular weight is 392 g/mol. The first kappa shape index (κ1) is 18.3. The Bertz CT molecular complexity index is 849. The maximum atomic E-state index is 14.8. The van der Waals surface area contributed by atoms with E-state index in [-0.39, 0.29) is 25.0 Å². The monoisotopic (exact) mass is 392 g/mol. The third kappa shape index (κ3) is 3.19. The van der Waals surface area contributed by atoms with Crippen LogP contribution in [0.4, 0.5) is 25.4 Å². The van der Waals surface area contributed by atoms with Crippen molar-refractivity contribution in [3.05, 3.63) is 24.0 Å². The van der Waals surface area contributed by atoms with Gasteiger partial charge in [0.15, 0.2) is 5.60 Å². The zero-order valence-electron chi connectivity index (χ0n) is 15.5. The van der Waals surface area contributed by atoms with E-state index in [2.05, 4.69) is 10.6 Å². The molecule has 3 heterocycles. The second-order valence-electron chi connectivity index (χ2n) is 7.47. The molecule has 1 aromatic rings. The van der Waals surface area contributed by atoms with E-state index in [1.165, 1.54) is 17.9 Å². The molecule has 28 heavy (non-hydrogen) atoms. The molecule has 2 N–H and O–H groups in total.